The first kappa shape index (κ1) is 20.0. The van der Waals surface area contributed by atoms with Crippen LogP contribution in [0.3, 0.4) is 0 Å². The van der Waals surface area contributed by atoms with E-state index in [0.717, 1.165) is 22.9 Å². The molecule has 7 heteroatoms. The van der Waals surface area contributed by atoms with Crippen LogP contribution in [0.4, 0.5) is 5.69 Å². The van der Waals surface area contributed by atoms with E-state index >= 15 is 0 Å². The summed E-state index contributed by atoms with van der Waals surface area (Å²) in [6, 6.07) is 16.7. The number of allylic oxidation sites excluding steroid dienone is 1. The first-order valence-electron chi connectivity index (χ1n) is 9.70. The summed E-state index contributed by atoms with van der Waals surface area (Å²) in [6.07, 6.45) is 0. The van der Waals surface area contributed by atoms with E-state index in [0.29, 0.717) is 28.6 Å². The van der Waals surface area contributed by atoms with Gasteiger partial charge in [0, 0.05) is 5.92 Å². The number of hydrogen-bond acceptors (Lipinski definition) is 6. The Morgan fingerprint density at radius 2 is 1.77 bits per heavy atom. The molecule has 0 aliphatic carbocycles. The molecule has 1 saturated heterocycles. The summed E-state index contributed by atoms with van der Waals surface area (Å²) < 4.78 is 5.50. The van der Waals surface area contributed by atoms with E-state index in [2.05, 4.69) is 6.07 Å². The van der Waals surface area contributed by atoms with Gasteiger partial charge in [0.1, 0.15) is 11.0 Å². The maximum absolute atomic E-state index is 13.5. The van der Waals surface area contributed by atoms with Crippen LogP contribution in [-0.4, -0.2) is 23.7 Å². The highest BCUT2D eigenvalue weighted by Gasteiger charge is 2.56. The van der Waals surface area contributed by atoms with Crippen LogP contribution >= 0.6 is 11.8 Å². The SMILES string of the molecule is CCOc1ccc([C@@H]2C(C#N)=C(N)S[C@@H]3C(=O)N(c4ccc(C)cc4)C(=O)[C@H]32)cc1. The molecule has 3 atom stereocenters. The van der Waals surface area contributed by atoms with Crippen molar-refractivity contribution in [3.8, 4) is 11.8 Å². The van der Waals surface area contributed by atoms with Crippen molar-refractivity contribution in [2.24, 2.45) is 11.7 Å². The molecule has 4 rings (SSSR count). The number of amides is 2. The van der Waals surface area contributed by atoms with Crippen molar-refractivity contribution in [2.45, 2.75) is 25.0 Å². The van der Waals surface area contributed by atoms with Gasteiger partial charge in [-0.3, -0.25) is 9.59 Å². The van der Waals surface area contributed by atoms with Gasteiger partial charge in [-0.2, -0.15) is 5.26 Å². The molecule has 2 heterocycles. The third-order valence-electron chi connectivity index (χ3n) is 5.45. The van der Waals surface area contributed by atoms with Gasteiger partial charge >= 0.3 is 0 Å². The normalized spacial score (nSPS) is 23.4. The molecule has 0 unspecified atom stereocenters. The van der Waals surface area contributed by atoms with Crippen molar-refractivity contribution >= 4 is 29.3 Å². The van der Waals surface area contributed by atoms with E-state index in [1.807, 2.05) is 38.1 Å². The summed E-state index contributed by atoms with van der Waals surface area (Å²) in [4.78, 5) is 27.9. The third kappa shape index (κ3) is 3.23. The number of imide groups is 1. The number of aryl methyl sites for hydroxylation is 1. The van der Waals surface area contributed by atoms with Crippen molar-refractivity contribution in [1.29, 1.82) is 5.26 Å². The van der Waals surface area contributed by atoms with Crippen LogP contribution < -0.4 is 15.4 Å². The van der Waals surface area contributed by atoms with Crippen LogP contribution in [0.5, 0.6) is 5.75 Å². The molecule has 0 aromatic heterocycles. The van der Waals surface area contributed by atoms with Gasteiger partial charge in [0.25, 0.3) is 0 Å². The predicted octanol–water partition coefficient (Wildman–Crippen LogP) is 3.48. The van der Waals surface area contributed by atoms with Gasteiger partial charge in [-0.1, -0.05) is 41.6 Å². The quantitative estimate of drug-likeness (QED) is 0.762. The summed E-state index contributed by atoms with van der Waals surface area (Å²) in [5.74, 6) is -1.17. The van der Waals surface area contributed by atoms with E-state index in [1.54, 1.807) is 24.3 Å². The van der Waals surface area contributed by atoms with Crippen LogP contribution in [-0.2, 0) is 9.59 Å². The highest BCUT2D eigenvalue weighted by molar-refractivity contribution is 8.04. The lowest BCUT2D eigenvalue weighted by Gasteiger charge is -2.30. The number of fused-ring (bicyclic) bond motifs is 1. The van der Waals surface area contributed by atoms with Gasteiger partial charge in [-0.05, 0) is 43.7 Å². The Morgan fingerprint density at radius 3 is 2.37 bits per heavy atom. The number of carbonyl (C=O) groups excluding carboxylic acids is 2. The standard InChI is InChI=1S/C23H21N3O3S/c1-3-29-16-10-6-14(7-11-16)18-17(12-24)21(25)30-20-19(18)22(27)26(23(20)28)15-8-4-13(2)5-9-15/h4-11,18-20H,3,25H2,1-2H3/t18-,19+,20+/m1/s1. The molecule has 2 amide bonds. The summed E-state index contributed by atoms with van der Waals surface area (Å²) >= 11 is 1.11. The number of nitrogens with two attached hydrogens (primary N) is 1. The average molecular weight is 420 g/mol. The highest BCUT2D eigenvalue weighted by atomic mass is 32.2. The number of thioether (sulfide) groups is 1. The Bertz CT molecular complexity index is 1070. The zero-order chi connectivity index (χ0) is 21.4. The van der Waals surface area contributed by atoms with E-state index < -0.39 is 17.1 Å². The smallest absolute Gasteiger partial charge is 0.248 e. The first-order valence-corrected chi connectivity index (χ1v) is 10.6. The fraction of sp³-hybridized carbons (Fsp3) is 0.261. The molecule has 2 aromatic carbocycles. The number of benzene rings is 2. The molecular weight excluding hydrogens is 398 g/mol. The molecule has 1 fully saturated rings. The van der Waals surface area contributed by atoms with Crippen LogP contribution in [0.25, 0.3) is 0 Å². The Labute approximate surface area is 179 Å². The maximum Gasteiger partial charge on any atom is 0.248 e. The molecular formula is C23H21N3O3S. The van der Waals surface area contributed by atoms with Gasteiger partial charge in [0.15, 0.2) is 0 Å². The number of ether oxygens (including phenoxy) is 1. The molecule has 0 saturated carbocycles. The van der Waals surface area contributed by atoms with Gasteiger partial charge in [-0.15, -0.1) is 0 Å². The second-order valence-electron chi connectivity index (χ2n) is 7.28. The Hall–Kier alpha value is -3.24. The first-order chi connectivity index (χ1) is 14.5. The van der Waals surface area contributed by atoms with E-state index in [1.165, 1.54) is 4.90 Å². The van der Waals surface area contributed by atoms with Gasteiger partial charge in [0.2, 0.25) is 11.8 Å². The van der Waals surface area contributed by atoms with Gasteiger partial charge in [-0.25, -0.2) is 4.90 Å². The van der Waals surface area contributed by atoms with Gasteiger partial charge < -0.3 is 10.5 Å². The Kier molecular flexibility index (Phi) is 5.27. The number of nitriles is 1. The van der Waals surface area contributed by atoms with Crippen LogP contribution in [0.15, 0.2) is 59.1 Å². The number of carbonyl (C=O) groups is 2. The molecule has 0 bridgehead atoms. The summed E-state index contributed by atoms with van der Waals surface area (Å²) in [7, 11) is 0. The maximum atomic E-state index is 13.5. The molecule has 2 aliphatic rings. The molecule has 152 valence electrons. The largest absolute Gasteiger partial charge is 0.494 e. The van der Waals surface area contributed by atoms with Crippen LogP contribution in [0.2, 0.25) is 0 Å². The summed E-state index contributed by atoms with van der Waals surface area (Å²) in [5.41, 5.74) is 8.84. The summed E-state index contributed by atoms with van der Waals surface area (Å²) in [6.45, 7) is 4.38. The fourth-order valence-corrected chi connectivity index (χ4v) is 5.23. The minimum Gasteiger partial charge on any atom is -0.494 e. The highest BCUT2D eigenvalue weighted by Crippen LogP contribution is 2.50. The van der Waals surface area contributed by atoms with Crippen molar-refractivity contribution < 1.29 is 14.3 Å². The van der Waals surface area contributed by atoms with Crippen LogP contribution in [0.1, 0.15) is 24.0 Å². The summed E-state index contributed by atoms with van der Waals surface area (Å²) in [5, 5.41) is 9.42. The molecule has 30 heavy (non-hydrogen) atoms. The third-order valence-corrected chi connectivity index (χ3v) is 6.67. The molecule has 2 aliphatic heterocycles. The second-order valence-corrected chi connectivity index (χ2v) is 8.46. The Balaban J connectivity index is 1.77. The number of rotatable bonds is 4. The van der Waals surface area contributed by atoms with Crippen LogP contribution in [0, 0.1) is 24.2 Å². The molecule has 2 N–H and O–H groups in total. The van der Waals surface area contributed by atoms with E-state index in [4.69, 9.17) is 10.5 Å². The monoisotopic (exact) mass is 419 g/mol. The fourth-order valence-electron chi connectivity index (χ4n) is 4.03. The minimum absolute atomic E-state index is 0.296. The molecule has 0 spiro atoms. The van der Waals surface area contributed by atoms with Crippen molar-refractivity contribution in [1.82, 2.24) is 0 Å². The molecule has 0 radical (unpaired) electrons. The average Bonchev–Trinajstić information content (AvgIpc) is 2.98. The predicted molar refractivity (Wildman–Crippen MR) is 116 cm³/mol. The number of hydrogen-bond donors (Lipinski definition) is 1. The lowest BCUT2D eigenvalue weighted by molar-refractivity contribution is -0.122. The Morgan fingerprint density at radius 1 is 1.10 bits per heavy atom. The van der Waals surface area contributed by atoms with E-state index in [9.17, 15) is 14.9 Å². The topological polar surface area (TPSA) is 96.4 Å². The van der Waals surface area contributed by atoms with Crippen molar-refractivity contribution in [3.63, 3.8) is 0 Å². The van der Waals surface area contributed by atoms with Crippen molar-refractivity contribution in [3.05, 3.63) is 70.3 Å². The van der Waals surface area contributed by atoms with E-state index in [-0.39, 0.29) is 11.8 Å². The number of anilines is 1. The second kappa shape index (κ2) is 7.88. The minimum atomic E-state index is -0.691. The zero-order valence-corrected chi connectivity index (χ0v) is 17.5. The zero-order valence-electron chi connectivity index (χ0n) is 16.7. The lowest BCUT2D eigenvalue weighted by atomic mass is 9.79. The lowest BCUT2D eigenvalue weighted by Crippen LogP contribution is -2.33. The van der Waals surface area contributed by atoms with Gasteiger partial charge in [0.05, 0.1) is 34.9 Å². The molecule has 2 aromatic rings. The molecule has 6 nitrogen and oxygen atoms in total. The number of nitrogens with zero attached hydrogens (tertiary/aromatic N) is 2. The van der Waals surface area contributed by atoms with Crippen molar-refractivity contribution in [2.75, 3.05) is 11.5 Å².